The highest BCUT2D eigenvalue weighted by Crippen LogP contribution is 2.42. The third-order valence-corrected chi connectivity index (χ3v) is 5.74. The number of hydrogen-bond acceptors (Lipinski definition) is 1. The minimum atomic E-state index is -0.266. The van der Waals surface area contributed by atoms with Gasteiger partial charge in [0.2, 0.25) is 0 Å². The Labute approximate surface area is 160 Å². The highest BCUT2D eigenvalue weighted by atomic mass is 16.5. The summed E-state index contributed by atoms with van der Waals surface area (Å²) >= 11 is 0. The number of fused-ring (bicyclic) bond motifs is 1. The van der Waals surface area contributed by atoms with E-state index in [4.69, 9.17) is 4.74 Å². The molecule has 3 aromatic carbocycles. The van der Waals surface area contributed by atoms with Crippen LogP contribution in [0, 0.1) is 0 Å². The monoisotopic (exact) mass is 355 g/mol. The van der Waals surface area contributed by atoms with Crippen LogP contribution in [0.25, 0.3) is 10.9 Å². The molecule has 0 aliphatic rings. The molecule has 0 saturated heterocycles. The zero-order valence-electron chi connectivity index (χ0n) is 16.1. The molecule has 136 valence electrons. The molecule has 2 heteroatoms. The predicted octanol–water partition coefficient (Wildman–Crippen LogP) is 6.09. The molecule has 4 rings (SSSR count). The topological polar surface area (TPSA) is 25.0 Å². The number of rotatable bonds is 5. The third-order valence-electron chi connectivity index (χ3n) is 5.74. The molecule has 1 atom stereocenters. The largest absolute Gasteiger partial charge is 0.497 e. The van der Waals surface area contributed by atoms with Gasteiger partial charge in [0.1, 0.15) is 5.75 Å². The van der Waals surface area contributed by atoms with Crippen molar-refractivity contribution in [1.29, 1.82) is 0 Å². The molecule has 0 saturated carbocycles. The van der Waals surface area contributed by atoms with Gasteiger partial charge in [-0.2, -0.15) is 0 Å². The van der Waals surface area contributed by atoms with E-state index in [0.29, 0.717) is 0 Å². The van der Waals surface area contributed by atoms with Crippen molar-refractivity contribution in [3.8, 4) is 5.75 Å². The second-order valence-electron chi connectivity index (χ2n) is 7.12. The minimum absolute atomic E-state index is 0.266. The van der Waals surface area contributed by atoms with E-state index in [-0.39, 0.29) is 5.41 Å². The molecule has 0 fully saturated rings. The van der Waals surface area contributed by atoms with Crippen molar-refractivity contribution in [2.75, 3.05) is 7.11 Å². The predicted molar refractivity (Wildman–Crippen MR) is 113 cm³/mol. The van der Waals surface area contributed by atoms with Gasteiger partial charge in [-0.3, -0.25) is 0 Å². The summed E-state index contributed by atoms with van der Waals surface area (Å²) in [4.78, 5) is 3.55. The molecule has 0 aliphatic carbocycles. The van der Waals surface area contributed by atoms with Gasteiger partial charge in [0.05, 0.1) is 7.11 Å². The van der Waals surface area contributed by atoms with E-state index in [1.54, 1.807) is 7.11 Å². The molecular weight excluding hydrogens is 330 g/mol. The van der Waals surface area contributed by atoms with Crippen molar-refractivity contribution in [2.24, 2.45) is 0 Å². The van der Waals surface area contributed by atoms with Crippen LogP contribution < -0.4 is 4.74 Å². The Morgan fingerprint density at radius 3 is 2.22 bits per heavy atom. The van der Waals surface area contributed by atoms with Gasteiger partial charge in [-0.15, -0.1) is 0 Å². The number of aromatic nitrogens is 1. The van der Waals surface area contributed by atoms with Crippen molar-refractivity contribution in [1.82, 2.24) is 4.98 Å². The van der Waals surface area contributed by atoms with Gasteiger partial charge in [-0.1, -0.05) is 67.6 Å². The Balaban J connectivity index is 1.99. The van der Waals surface area contributed by atoms with Crippen LogP contribution in [0.4, 0.5) is 0 Å². The number of methoxy groups -OCH3 is 1. The summed E-state index contributed by atoms with van der Waals surface area (Å²) < 4.78 is 5.37. The number of aromatic amines is 1. The van der Waals surface area contributed by atoms with Crippen molar-refractivity contribution in [2.45, 2.75) is 25.7 Å². The first-order valence-electron chi connectivity index (χ1n) is 9.48. The van der Waals surface area contributed by atoms with E-state index in [0.717, 1.165) is 12.2 Å². The van der Waals surface area contributed by atoms with Crippen LogP contribution in [0.2, 0.25) is 0 Å². The summed E-state index contributed by atoms with van der Waals surface area (Å²) in [5.74, 6) is 0.876. The highest BCUT2D eigenvalue weighted by molar-refractivity contribution is 5.88. The lowest BCUT2D eigenvalue weighted by atomic mass is 9.71. The van der Waals surface area contributed by atoms with Crippen molar-refractivity contribution >= 4 is 10.9 Å². The number of H-pyrrole nitrogens is 1. The second kappa shape index (κ2) is 6.96. The molecule has 0 spiro atoms. The molecule has 27 heavy (non-hydrogen) atoms. The van der Waals surface area contributed by atoms with Crippen LogP contribution in [-0.4, -0.2) is 12.1 Å². The lowest BCUT2D eigenvalue weighted by Gasteiger charge is -2.31. The SMILES string of the molecule is CCc1cccc2c(C(C)(c3ccccc3)c3ccc(OC)cc3)c[nH]c12. The normalized spacial score (nSPS) is 13.4. The number of hydrogen-bond donors (Lipinski definition) is 1. The first-order valence-corrected chi connectivity index (χ1v) is 9.48. The fourth-order valence-electron chi connectivity index (χ4n) is 4.10. The molecule has 1 heterocycles. The second-order valence-corrected chi connectivity index (χ2v) is 7.12. The van der Waals surface area contributed by atoms with E-state index in [1.165, 1.54) is 33.2 Å². The van der Waals surface area contributed by atoms with Crippen LogP contribution in [0.15, 0.2) is 79.0 Å². The summed E-state index contributed by atoms with van der Waals surface area (Å²) in [7, 11) is 1.71. The molecular formula is C25H25NO. The molecule has 2 nitrogen and oxygen atoms in total. The highest BCUT2D eigenvalue weighted by Gasteiger charge is 2.33. The Morgan fingerprint density at radius 2 is 1.56 bits per heavy atom. The standard InChI is InChI=1S/C25H25NO/c1-4-18-9-8-12-22-23(17-26-24(18)22)25(2,19-10-6-5-7-11-19)20-13-15-21(27-3)16-14-20/h5-17,26H,4H2,1-3H3. The van der Waals surface area contributed by atoms with Crippen LogP contribution in [0.3, 0.4) is 0 Å². The average molecular weight is 355 g/mol. The van der Waals surface area contributed by atoms with Gasteiger partial charge in [0.15, 0.2) is 0 Å². The maximum absolute atomic E-state index is 5.37. The van der Waals surface area contributed by atoms with Crippen LogP contribution in [0.1, 0.15) is 36.1 Å². The Bertz CT molecular complexity index is 1050. The fraction of sp³-hybridized carbons (Fsp3) is 0.200. The summed E-state index contributed by atoms with van der Waals surface area (Å²) in [5, 5.41) is 1.29. The molecule has 1 aromatic heterocycles. The number of nitrogens with one attached hydrogen (secondary N) is 1. The molecule has 0 radical (unpaired) electrons. The zero-order valence-corrected chi connectivity index (χ0v) is 16.1. The maximum atomic E-state index is 5.37. The number of benzene rings is 3. The van der Waals surface area contributed by atoms with Crippen molar-refractivity contribution in [3.63, 3.8) is 0 Å². The lowest BCUT2D eigenvalue weighted by Crippen LogP contribution is -2.25. The Kier molecular flexibility index (Phi) is 4.49. The number of aryl methyl sites for hydroxylation is 1. The molecule has 0 amide bonds. The molecule has 0 aliphatic heterocycles. The molecule has 1 unspecified atom stereocenters. The van der Waals surface area contributed by atoms with Crippen LogP contribution >= 0.6 is 0 Å². The van der Waals surface area contributed by atoms with Crippen LogP contribution in [-0.2, 0) is 11.8 Å². The van der Waals surface area contributed by atoms with Gasteiger partial charge in [-0.25, -0.2) is 0 Å². The first-order chi connectivity index (χ1) is 13.2. The number of ether oxygens (including phenoxy) is 1. The van der Waals surface area contributed by atoms with E-state index in [1.807, 2.05) is 12.1 Å². The Morgan fingerprint density at radius 1 is 0.852 bits per heavy atom. The van der Waals surface area contributed by atoms with Gasteiger partial charge in [-0.05, 0) is 47.7 Å². The average Bonchev–Trinajstić information content (AvgIpc) is 3.18. The quantitative estimate of drug-likeness (QED) is 0.460. The van der Waals surface area contributed by atoms with Crippen molar-refractivity contribution < 1.29 is 4.74 Å². The molecule has 1 N–H and O–H groups in total. The number of para-hydroxylation sites is 1. The van der Waals surface area contributed by atoms with Gasteiger partial charge in [0.25, 0.3) is 0 Å². The van der Waals surface area contributed by atoms with E-state index < -0.39 is 0 Å². The smallest absolute Gasteiger partial charge is 0.118 e. The third kappa shape index (κ3) is 2.82. The van der Waals surface area contributed by atoms with E-state index in [2.05, 4.69) is 85.7 Å². The summed E-state index contributed by atoms with van der Waals surface area (Å²) in [5.41, 5.74) is 6.15. The fourth-order valence-corrected chi connectivity index (χ4v) is 4.10. The summed E-state index contributed by atoms with van der Waals surface area (Å²) in [6, 6.07) is 25.8. The van der Waals surface area contributed by atoms with Crippen molar-refractivity contribution in [3.05, 3.63) is 101 Å². The van der Waals surface area contributed by atoms with Gasteiger partial charge < -0.3 is 9.72 Å². The minimum Gasteiger partial charge on any atom is -0.497 e. The summed E-state index contributed by atoms with van der Waals surface area (Å²) in [6.45, 7) is 4.51. The van der Waals surface area contributed by atoms with E-state index >= 15 is 0 Å². The van der Waals surface area contributed by atoms with E-state index in [9.17, 15) is 0 Å². The van der Waals surface area contributed by atoms with Gasteiger partial charge in [0, 0.05) is 22.5 Å². The lowest BCUT2D eigenvalue weighted by molar-refractivity contribution is 0.414. The Hall–Kier alpha value is -3.00. The van der Waals surface area contributed by atoms with Gasteiger partial charge >= 0.3 is 0 Å². The molecule has 0 bridgehead atoms. The summed E-state index contributed by atoms with van der Waals surface area (Å²) in [6.07, 6.45) is 3.20. The molecule has 4 aromatic rings. The first kappa shape index (κ1) is 17.4. The maximum Gasteiger partial charge on any atom is 0.118 e. The zero-order chi connectivity index (χ0) is 18.9. The van der Waals surface area contributed by atoms with Crippen LogP contribution in [0.5, 0.6) is 5.75 Å².